The molecule has 3 heteroatoms. The molecule has 2 nitrogen and oxygen atoms in total. The second-order valence-corrected chi connectivity index (χ2v) is 5.06. The minimum Gasteiger partial charge on any atom is -0.326 e. The van der Waals surface area contributed by atoms with Gasteiger partial charge in [-0.05, 0) is 32.0 Å². The van der Waals surface area contributed by atoms with Gasteiger partial charge < -0.3 is 5.73 Å². The van der Waals surface area contributed by atoms with Gasteiger partial charge in [0.15, 0.2) is 0 Å². The molecule has 0 aliphatic rings. The zero-order valence-electron chi connectivity index (χ0n) is 10.1. The molecule has 2 rings (SSSR count). The number of nitrogens with zero attached hydrogens (tertiary/aromatic N) is 1. The van der Waals surface area contributed by atoms with Crippen molar-refractivity contribution in [1.29, 1.82) is 0 Å². The van der Waals surface area contributed by atoms with Gasteiger partial charge in [0.25, 0.3) is 0 Å². The topological polar surface area (TPSA) is 38.9 Å². The van der Waals surface area contributed by atoms with Gasteiger partial charge in [-0.15, -0.1) is 0 Å². The molecule has 0 aliphatic carbocycles. The molecule has 0 spiro atoms. The lowest BCUT2D eigenvalue weighted by Crippen LogP contribution is -2.04. The average Bonchev–Trinajstić information content (AvgIpc) is 2.30. The van der Waals surface area contributed by atoms with Gasteiger partial charge in [0.05, 0.1) is 0 Å². The van der Waals surface area contributed by atoms with Gasteiger partial charge >= 0.3 is 0 Å². The second-order valence-electron chi connectivity index (χ2n) is 3.94. The molecule has 2 N–H and O–H groups in total. The first-order valence-electron chi connectivity index (χ1n) is 5.61. The second kappa shape index (κ2) is 5.34. The van der Waals surface area contributed by atoms with Crippen molar-refractivity contribution in [1.82, 2.24) is 4.98 Å². The molecular weight excluding hydrogens is 228 g/mol. The van der Waals surface area contributed by atoms with Crippen LogP contribution in [0.3, 0.4) is 0 Å². The van der Waals surface area contributed by atoms with Crippen LogP contribution in [0.4, 0.5) is 0 Å². The van der Waals surface area contributed by atoms with Gasteiger partial charge in [0.1, 0.15) is 0 Å². The lowest BCUT2D eigenvalue weighted by atomic mass is 10.2. The third-order valence-corrected chi connectivity index (χ3v) is 3.69. The van der Waals surface area contributed by atoms with Gasteiger partial charge in [-0.3, -0.25) is 4.98 Å². The molecular formula is C14H16N2S. The highest BCUT2D eigenvalue weighted by Gasteiger charge is 2.08. The summed E-state index contributed by atoms with van der Waals surface area (Å²) in [6.07, 6.45) is 0. The van der Waals surface area contributed by atoms with Crippen LogP contribution in [0.1, 0.15) is 17.0 Å². The number of nitrogens with two attached hydrogens (primary N) is 1. The highest BCUT2D eigenvalue weighted by molar-refractivity contribution is 7.99. The first kappa shape index (κ1) is 12.1. The zero-order chi connectivity index (χ0) is 12.3. The summed E-state index contributed by atoms with van der Waals surface area (Å²) in [6.45, 7) is 4.57. The fourth-order valence-electron chi connectivity index (χ4n) is 1.77. The van der Waals surface area contributed by atoms with Gasteiger partial charge in [-0.25, -0.2) is 0 Å². The van der Waals surface area contributed by atoms with Crippen molar-refractivity contribution in [3.63, 3.8) is 0 Å². The predicted octanol–water partition coefficient (Wildman–Crippen LogP) is 3.31. The molecule has 0 atom stereocenters. The van der Waals surface area contributed by atoms with Crippen LogP contribution in [0, 0.1) is 13.8 Å². The van der Waals surface area contributed by atoms with Crippen LogP contribution in [-0.4, -0.2) is 4.98 Å². The molecule has 88 valence electrons. The smallest absolute Gasteiger partial charge is 0.0432 e. The zero-order valence-corrected chi connectivity index (χ0v) is 10.9. The summed E-state index contributed by atoms with van der Waals surface area (Å²) in [5, 5.41) is 0. The first-order valence-corrected chi connectivity index (χ1v) is 6.42. The molecule has 0 fully saturated rings. The lowest BCUT2D eigenvalue weighted by molar-refractivity contribution is 0.945. The first-order chi connectivity index (χ1) is 8.20. The average molecular weight is 244 g/mol. The maximum Gasteiger partial charge on any atom is 0.0432 e. The Morgan fingerprint density at radius 3 is 2.53 bits per heavy atom. The fraction of sp³-hybridized carbons (Fsp3) is 0.214. The number of aryl methyl sites for hydroxylation is 2. The van der Waals surface area contributed by atoms with E-state index in [0.717, 1.165) is 17.0 Å². The van der Waals surface area contributed by atoms with Crippen molar-refractivity contribution in [2.45, 2.75) is 30.2 Å². The summed E-state index contributed by atoms with van der Waals surface area (Å²) >= 11 is 1.75. The number of aromatic nitrogens is 1. The molecule has 0 saturated carbocycles. The van der Waals surface area contributed by atoms with Crippen LogP contribution in [0.2, 0.25) is 0 Å². The summed E-state index contributed by atoms with van der Waals surface area (Å²) in [4.78, 5) is 6.89. The maximum atomic E-state index is 5.80. The van der Waals surface area contributed by atoms with E-state index in [1.807, 2.05) is 32.0 Å². The monoisotopic (exact) mass is 244 g/mol. The largest absolute Gasteiger partial charge is 0.326 e. The Morgan fingerprint density at radius 1 is 1.18 bits per heavy atom. The molecule has 2 aromatic rings. The third kappa shape index (κ3) is 2.87. The number of rotatable bonds is 3. The predicted molar refractivity (Wildman–Crippen MR) is 72.2 cm³/mol. The molecule has 0 radical (unpaired) electrons. The van der Waals surface area contributed by atoms with Gasteiger partial charge in [-0.2, -0.15) is 0 Å². The summed E-state index contributed by atoms with van der Waals surface area (Å²) in [7, 11) is 0. The van der Waals surface area contributed by atoms with Crippen LogP contribution in [0.15, 0.2) is 46.2 Å². The van der Waals surface area contributed by atoms with E-state index in [0.29, 0.717) is 6.54 Å². The van der Waals surface area contributed by atoms with Crippen LogP contribution in [0.25, 0.3) is 0 Å². The van der Waals surface area contributed by atoms with E-state index in [2.05, 4.69) is 23.2 Å². The van der Waals surface area contributed by atoms with Crippen molar-refractivity contribution in [3.8, 4) is 0 Å². The van der Waals surface area contributed by atoms with Gasteiger partial charge in [-0.1, -0.05) is 30.0 Å². The quantitative estimate of drug-likeness (QED) is 0.900. The highest BCUT2D eigenvalue weighted by Crippen LogP contribution is 2.31. The standard InChI is InChI=1S/C14H16N2S/c1-10-8-14(13(9-15)11(2)16-10)17-12-6-4-3-5-7-12/h3-8H,9,15H2,1-2H3. The van der Waals surface area contributed by atoms with Crippen LogP contribution in [-0.2, 0) is 6.54 Å². The van der Waals surface area contributed by atoms with E-state index < -0.39 is 0 Å². The van der Waals surface area contributed by atoms with Gasteiger partial charge in [0.2, 0.25) is 0 Å². The Hall–Kier alpha value is -1.32. The number of benzene rings is 1. The summed E-state index contributed by atoms with van der Waals surface area (Å²) in [5.74, 6) is 0. The minimum atomic E-state index is 0.536. The fourth-order valence-corrected chi connectivity index (χ4v) is 2.91. The van der Waals surface area contributed by atoms with Crippen molar-refractivity contribution in [2.75, 3.05) is 0 Å². The van der Waals surface area contributed by atoms with E-state index in [4.69, 9.17) is 5.73 Å². The molecule has 1 aromatic heterocycles. The van der Waals surface area contributed by atoms with Gasteiger partial charge in [0, 0.05) is 33.3 Å². The Balaban J connectivity index is 2.38. The molecule has 0 unspecified atom stereocenters. The van der Waals surface area contributed by atoms with Crippen LogP contribution in [0.5, 0.6) is 0 Å². The van der Waals surface area contributed by atoms with Crippen molar-refractivity contribution >= 4 is 11.8 Å². The van der Waals surface area contributed by atoms with Crippen molar-refractivity contribution in [3.05, 3.63) is 53.3 Å². The van der Waals surface area contributed by atoms with Crippen LogP contribution >= 0.6 is 11.8 Å². The number of pyridine rings is 1. The van der Waals surface area contributed by atoms with E-state index in [9.17, 15) is 0 Å². The lowest BCUT2D eigenvalue weighted by Gasteiger charge is -2.11. The van der Waals surface area contributed by atoms with E-state index in [1.54, 1.807) is 11.8 Å². The molecule has 1 aromatic carbocycles. The molecule has 0 aliphatic heterocycles. The Kier molecular flexibility index (Phi) is 3.82. The minimum absolute atomic E-state index is 0.536. The number of hydrogen-bond donors (Lipinski definition) is 1. The van der Waals surface area contributed by atoms with Crippen LogP contribution < -0.4 is 5.73 Å². The Bertz CT molecular complexity index is 509. The normalized spacial score (nSPS) is 10.5. The SMILES string of the molecule is Cc1cc(Sc2ccccc2)c(CN)c(C)n1. The molecule has 0 bridgehead atoms. The molecule has 1 heterocycles. The number of hydrogen-bond acceptors (Lipinski definition) is 3. The van der Waals surface area contributed by atoms with E-state index in [1.165, 1.54) is 9.79 Å². The summed E-state index contributed by atoms with van der Waals surface area (Å²) in [6, 6.07) is 12.4. The molecule has 17 heavy (non-hydrogen) atoms. The van der Waals surface area contributed by atoms with Crippen molar-refractivity contribution in [2.24, 2.45) is 5.73 Å². The summed E-state index contributed by atoms with van der Waals surface area (Å²) < 4.78 is 0. The third-order valence-electron chi connectivity index (χ3n) is 2.59. The van der Waals surface area contributed by atoms with Crippen molar-refractivity contribution < 1.29 is 0 Å². The van der Waals surface area contributed by atoms with E-state index >= 15 is 0 Å². The maximum absolute atomic E-state index is 5.80. The Morgan fingerprint density at radius 2 is 1.88 bits per heavy atom. The summed E-state index contributed by atoms with van der Waals surface area (Å²) in [5.41, 5.74) is 9.02. The highest BCUT2D eigenvalue weighted by atomic mass is 32.2. The van der Waals surface area contributed by atoms with E-state index in [-0.39, 0.29) is 0 Å². The molecule has 0 saturated heterocycles. The Labute approximate surface area is 106 Å². The molecule has 0 amide bonds.